The molecule has 0 amide bonds. The van der Waals surface area contributed by atoms with Gasteiger partial charge in [-0.05, 0) is 44.2 Å². The van der Waals surface area contributed by atoms with Gasteiger partial charge in [0.2, 0.25) is 11.8 Å². The minimum Gasteiger partial charge on any atom is -0.476 e. The van der Waals surface area contributed by atoms with Crippen LogP contribution in [0.25, 0.3) is 0 Å². The summed E-state index contributed by atoms with van der Waals surface area (Å²) in [6.45, 7) is 8.32. The van der Waals surface area contributed by atoms with Crippen LogP contribution in [0, 0.1) is 13.8 Å². The van der Waals surface area contributed by atoms with Crippen molar-refractivity contribution < 1.29 is 9.47 Å². The van der Waals surface area contributed by atoms with Crippen molar-refractivity contribution in [3.63, 3.8) is 0 Å². The first kappa shape index (κ1) is 20.0. The van der Waals surface area contributed by atoms with Gasteiger partial charge in [0.15, 0.2) is 0 Å². The number of benzene rings is 1. The van der Waals surface area contributed by atoms with Crippen LogP contribution in [0.3, 0.4) is 0 Å². The highest BCUT2D eigenvalue weighted by Gasteiger charge is 2.16. The van der Waals surface area contributed by atoms with Gasteiger partial charge in [-0.1, -0.05) is 6.07 Å². The number of aromatic nitrogens is 2. The number of rotatable bonds is 8. The molecule has 2 N–H and O–H groups in total. The van der Waals surface area contributed by atoms with Crippen molar-refractivity contribution in [3.8, 4) is 5.88 Å². The maximum Gasteiger partial charge on any atom is 0.229 e. The standard InChI is InChI=1S/C20H28N6O2/c1-15-4-5-17(12-16(15)2)25-22-14-18-13-19(28-9-6-21-3)24-20(23-18)26-7-10-27-11-8-26/h4-5,12-14,21,25H,6-11H2,1-3H3. The van der Waals surface area contributed by atoms with Crippen molar-refractivity contribution in [1.29, 1.82) is 0 Å². The van der Waals surface area contributed by atoms with Gasteiger partial charge in [-0.15, -0.1) is 0 Å². The molecule has 3 rings (SSSR count). The zero-order valence-corrected chi connectivity index (χ0v) is 16.7. The van der Waals surface area contributed by atoms with Crippen LogP contribution in [0.1, 0.15) is 16.8 Å². The van der Waals surface area contributed by atoms with E-state index in [9.17, 15) is 0 Å². The monoisotopic (exact) mass is 384 g/mol. The smallest absolute Gasteiger partial charge is 0.229 e. The third kappa shape index (κ3) is 5.64. The normalized spacial score (nSPS) is 14.5. The molecule has 28 heavy (non-hydrogen) atoms. The quantitative estimate of drug-likeness (QED) is 0.409. The Morgan fingerprint density at radius 1 is 1.18 bits per heavy atom. The fourth-order valence-corrected chi connectivity index (χ4v) is 2.72. The highest BCUT2D eigenvalue weighted by atomic mass is 16.5. The maximum atomic E-state index is 5.76. The lowest BCUT2D eigenvalue weighted by Crippen LogP contribution is -2.37. The molecule has 1 aromatic heterocycles. The Balaban J connectivity index is 1.75. The molecule has 2 aromatic rings. The molecule has 0 unspecified atom stereocenters. The topological polar surface area (TPSA) is 83.9 Å². The van der Waals surface area contributed by atoms with Gasteiger partial charge in [0.25, 0.3) is 0 Å². The molecular weight excluding hydrogens is 356 g/mol. The number of anilines is 2. The number of likely N-dealkylation sites (N-methyl/N-ethyl adjacent to an activating group) is 1. The fraction of sp³-hybridized carbons (Fsp3) is 0.450. The van der Waals surface area contributed by atoms with Crippen molar-refractivity contribution in [2.45, 2.75) is 13.8 Å². The van der Waals surface area contributed by atoms with E-state index in [1.54, 1.807) is 12.3 Å². The number of aryl methyl sites for hydroxylation is 2. The zero-order chi connectivity index (χ0) is 19.8. The summed E-state index contributed by atoms with van der Waals surface area (Å²) in [5.41, 5.74) is 7.15. The SMILES string of the molecule is CNCCOc1cc(C=NNc2ccc(C)c(C)c2)nc(N2CCOCC2)n1. The molecule has 8 nitrogen and oxygen atoms in total. The van der Waals surface area contributed by atoms with E-state index in [1.807, 2.05) is 13.1 Å². The highest BCUT2D eigenvalue weighted by Crippen LogP contribution is 2.17. The Kier molecular flexibility index (Phi) is 7.16. The minimum atomic E-state index is 0.535. The van der Waals surface area contributed by atoms with E-state index < -0.39 is 0 Å². The molecule has 0 spiro atoms. The molecule has 150 valence electrons. The van der Waals surface area contributed by atoms with Crippen LogP contribution in [0.15, 0.2) is 29.4 Å². The molecule has 1 aliphatic heterocycles. The largest absolute Gasteiger partial charge is 0.476 e. The third-order valence-corrected chi connectivity index (χ3v) is 4.50. The molecule has 1 aromatic carbocycles. The van der Waals surface area contributed by atoms with Gasteiger partial charge in [-0.25, -0.2) is 4.98 Å². The zero-order valence-electron chi connectivity index (χ0n) is 16.7. The average Bonchev–Trinajstić information content (AvgIpc) is 2.71. The molecule has 0 atom stereocenters. The van der Waals surface area contributed by atoms with Crippen LogP contribution >= 0.6 is 0 Å². The highest BCUT2D eigenvalue weighted by molar-refractivity contribution is 5.78. The second-order valence-electron chi connectivity index (χ2n) is 6.65. The summed E-state index contributed by atoms with van der Waals surface area (Å²) in [4.78, 5) is 11.3. The molecule has 8 heteroatoms. The molecule has 0 bridgehead atoms. The Morgan fingerprint density at radius 2 is 2.00 bits per heavy atom. The Labute approximate surface area is 166 Å². The van der Waals surface area contributed by atoms with Crippen LogP contribution in [0.4, 0.5) is 11.6 Å². The molecular formula is C20H28N6O2. The minimum absolute atomic E-state index is 0.535. The fourth-order valence-electron chi connectivity index (χ4n) is 2.72. The van der Waals surface area contributed by atoms with Gasteiger partial charge < -0.3 is 19.7 Å². The molecule has 0 radical (unpaired) electrons. The predicted octanol–water partition coefficient (Wildman–Crippen LogP) is 1.97. The second kappa shape index (κ2) is 10.0. The number of ether oxygens (including phenoxy) is 2. The number of hydrogen-bond donors (Lipinski definition) is 2. The molecule has 2 heterocycles. The lowest BCUT2D eigenvalue weighted by atomic mass is 10.1. The molecule has 1 aliphatic rings. The summed E-state index contributed by atoms with van der Waals surface area (Å²) < 4.78 is 11.2. The molecule has 1 fully saturated rings. The van der Waals surface area contributed by atoms with E-state index in [-0.39, 0.29) is 0 Å². The first-order valence-electron chi connectivity index (χ1n) is 9.51. The first-order chi connectivity index (χ1) is 13.7. The van der Waals surface area contributed by atoms with E-state index in [2.05, 4.69) is 56.7 Å². The van der Waals surface area contributed by atoms with Crippen molar-refractivity contribution in [3.05, 3.63) is 41.1 Å². The van der Waals surface area contributed by atoms with E-state index in [4.69, 9.17) is 9.47 Å². The van der Waals surface area contributed by atoms with Gasteiger partial charge in [-0.2, -0.15) is 10.1 Å². The van der Waals surface area contributed by atoms with E-state index in [0.717, 1.165) is 25.3 Å². The van der Waals surface area contributed by atoms with E-state index in [0.29, 0.717) is 37.3 Å². The van der Waals surface area contributed by atoms with E-state index in [1.165, 1.54) is 11.1 Å². The molecule has 0 saturated carbocycles. The van der Waals surface area contributed by atoms with Gasteiger partial charge >= 0.3 is 0 Å². The lowest BCUT2D eigenvalue weighted by molar-refractivity contribution is 0.122. The van der Waals surface area contributed by atoms with Crippen LogP contribution in [-0.4, -0.2) is 62.7 Å². The van der Waals surface area contributed by atoms with Crippen molar-refractivity contribution in [1.82, 2.24) is 15.3 Å². The first-order valence-corrected chi connectivity index (χ1v) is 9.51. The van der Waals surface area contributed by atoms with Crippen molar-refractivity contribution in [2.24, 2.45) is 5.10 Å². The number of nitrogens with one attached hydrogen (secondary N) is 2. The van der Waals surface area contributed by atoms with E-state index >= 15 is 0 Å². The Hall–Kier alpha value is -2.71. The summed E-state index contributed by atoms with van der Waals surface area (Å²) in [5, 5.41) is 7.39. The Morgan fingerprint density at radius 3 is 2.75 bits per heavy atom. The predicted molar refractivity (Wildman–Crippen MR) is 112 cm³/mol. The number of morpholine rings is 1. The van der Waals surface area contributed by atoms with Gasteiger partial charge in [0.05, 0.1) is 30.8 Å². The summed E-state index contributed by atoms with van der Waals surface area (Å²) in [7, 11) is 1.89. The average molecular weight is 384 g/mol. The summed E-state index contributed by atoms with van der Waals surface area (Å²) in [6.07, 6.45) is 1.69. The van der Waals surface area contributed by atoms with Crippen LogP contribution in [0.5, 0.6) is 5.88 Å². The number of hydrazone groups is 1. The Bertz CT molecular complexity index is 805. The number of hydrogen-bond acceptors (Lipinski definition) is 8. The second-order valence-corrected chi connectivity index (χ2v) is 6.65. The maximum absolute atomic E-state index is 5.76. The summed E-state index contributed by atoms with van der Waals surface area (Å²) >= 11 is 0. The summed E-state index contributed by atoms with van der Waals surface area (Å²) in [5.74, 6) is 1.18. The van der Waals surface area contributed by atoms with Crippen LogP contribution < -0.4 is 20.4 Å². The van der Waals surface area contributed by atoms with Gasteiger partial charge in [0, 0.05) is 25.7 Å². The van der Waals surface area contributed by atoms with Crippen LogP contribution in [-0.2, 0) is 4.74 Å². The van der Waals surface area contributed by atoms with Crippen molar-refractivity contribution >= 4 is 17.9 Å². The lowest BCUT2D eigenvalue weighted by Gasteiger charge is -2.27. The third-order valence-electron chi connectivity index (χ3n) is 4.50. The molecule has 0 aliphatic carbocycles. The molecule has 1 saturated heterocycles. The van der Waals surface area contributed by atoms with Crippen molar-refractivity contribution in [2.75, 3.05) is 56.8 Å². The van der Waals surface area contributed by atoms with Crippen LogP contribution in [0.2, 0.25) is 0 Å². The number of nitrogens with zero attached hydrogens (tertiary/aromatic N) is 4. The summed E-state index contributed by atoms with van der Waals surface area (Å²) in [6, 6.07) is 7.94. The van der Waals surface area contributed by atoms with Gasteiger partial charge in [-0.3, -0.25) is 5.43 Å². The van der Waals surface area contributed by atoms with Gasteiger partial charge in [0.1, 0.15) is 6.61 Å².